The first kappa shape index (κ1) is 21.1. The molecule has 4 rings (SSSR count). The molecule has 4 aromatic rings. The van der Waals surface area contributed by atoms with Crippen molar-refractivity contribution in [2.45, 2.75) is 11.7 Å². The Hall–Kier alpha value is -3.10. The minimum atomic E-state index is -0.461. The van der Waals surface area contributed by atoms with Gasteiger partial charge in [-0.2, -0.15) is 0 Å². The third-order valence-corrected chi connectivity index (χ3v) is 6.37. The van der Waals surface area contributed by atoms with E-state index in [1.54, 1.807) is 29.8 Å². The molecular formula is C22H19ClN4O3S. The second kappa shape index (κ2) is 8.56. The molecule has 0 saturated heterocycles. The summed E-state index contributed by atoms with van der Waals surface area (Å²) in [5.41, 5.74) is 1.06. The Bertz CT molecular complexity index is 1410. The summed E-state index contributed by atoms with van der Waals surface area (Å²) in [4.78, 5) is 42.5. The van der Waals surface area contributed by atoms with Crippen LogP contribution < -0.4 is 11.2 Å². The molecule has 0 unspecified atom stereocenters. The van der Waals surface area contributed by atoms with Crippen LogP contribution >= 0.6 is 23.4 Å². The van der Waals surface area contributed by atoms with Crippen molar-refractivity contribution >= 4 is 40.3 Å². The standard InChI is InChI=1S/C22H19ClN4O3S/c1-25-19-18(20(29)26(2)22(25)30)27(12-15-10-6-7-11-16(15)23)21(24-19)31-13-17(28)14-8-4-3-5-9-14/h3-11H,12-13H2,1-2H3. The number of hydrogen-bond acceptors (Lipinski definition) is 5. The highest BCUT2D eigenvalue weighted by molar-refractivity contribution is 7.99. The zero-order valence-corrected chi connectivity index (χ0v) is 18.5. The molecule has 0 N–H and O–H groups in total. The lowest BCUT2D eigenvalue weighted by atomic mass is 10.2. The molecule has 0 aliphatic rings. The van der Waals surface area contributed by atoms with Crippen LogP contribution in [0.15, 0.2) is 69.3 Å². The summed E-state index contributed by atoms with van der Waals surface area (Å²) >= 11 is 7.57. The van der Waals surface area contributed by atoms with Gasteiger partial charge < -0.3 is 4.57 Å². The Morgan fingerprint density at radius 2 is 1.68 bits per heavy atom. The van der Waals surface area contributed by atoms with E-state index in [2.05, 4.69) is 4.98 Å². The number of thioether (sulfide) groups is 1. The van der Waals surface area contributed by atoms with E-state index in [0.29, 0.717) is 21.3 Å². The molecule has 0 spiro atoms. The maximum atomic E-state index is 12.9. The minimum Gasteiger partial charge on any atom is -0.309 e. The topological polar surface area (TPSA) is 78.9 Å². The maximum Gasteiger partial charge on any atom is 0.332 e. The molecule has 0 radical (unpaired) electrons. The summed E-state index contributed by atoms with van der Waals surface area (Å²) in [5, 5.41) is 1.03. The third-order valence-electron chi connectivity index (χ3n) is 5.03. The molecule has 0 bridgehead atoms. The van der Waals surface area contributed by atoms with Gasteiger partial charge in [-0.05, 0) is 11.6 Å². The van der Waals surface area contributed by atoms with Crippen molar-refractivity contribution in [3.8, 4) is 0 Å². The van der Waals surface area contributed by atoms with E-state index in [1.165, 1.54) is 23.4 Å². The molecular weight excluding hydrogens is 436 g/mol. The zero-order chi connectivity index (χ0) is 22.1. The molecule has 158 valence electrons. The van der Waals surface area contributed by atoms with E-state index in [0.717, 1.165) is 10.1 Å². The van der Waals surface area contributed by atoms with E-state index in [-0.39, 0.29) is 23.7 Å². The maximum absolute atomic E-state index is 12.9. The van der Waals surface area contributed by atoms with Crippen LogP contribution in [0.25, 0.3) is 11.2 Å². The molecule has 0 amide bonds. The number of aryl methyl sites for hydroxylation is 1. The largest absolute Gasteiger partial charge is 0.332 e. The van der Waals surface area contributed by atoms with Gasteiger partial charge in [-0.25, -0.2) is 9.78 Å². The summed E-state index contributed by atoms with van der Waals surface area (Å²) in [7, 11) is 3.00. The third kappa shape index (κ3) is 3.96. The van der Waals surface area contributed by atoms with E-state index in [9.17, 15) is 14.4 Å². The lowest BCUT2D eigenvalue weighted by Crippen LogP contribution is -2.37. The molecule has 0 fully saturated rings. The second-order valence-corrected chi connectivity index (χ2v) is 8.38. The Labute approximate surface area is 186 Å². The summed E-state index contributed by atoms with van der Waals surface area (Å²) < 4.78 is 4.11. The van der Waals surface area contributed by atoms with Crippen molar-refractivity contribution in [3.05, 3.63) is 91.6 Å². The highest BCUT2D eigenvalue weighted by Gasteiger charge is 2.21. The molecule has 2 heterocycles. The van der Waals surface area contributed by atoms with Crippen molar-refractivity contribution in [2.75, 3.05) is 5.75 Å². The summed E-state index contributed by atoms with van der Waals surface area (Å²) in [6, 6.07) is 16.3. The molecule has 0 aliphatic heterocycles. The van der Waals surface area contributed by atoms with Crippen molar-refractivity contribution in [2.24, 2.45) is 14.1 Å². The minimum absolute atomic E-state index is 0.0521. The first-order valence-electron chi connectivity index (χ1n) is 9.49. The average molecular weight is 455 g/mol. The number of rotatable bonds is 6. The van der Waals surface area contributed by atoms with Crippen molar-refractivity contribution in [3.63, 3.8) is 0 Å². The molecule has 0 aliphatic carbocycles. The van der Waals surface area contributed by atoms with Gasteiger partial charge in [0.05, 0.1) is 12.3 Å². The van der Waals surface area contributed by atoms with E-state index < -0.39 is 11.2 Å². The Morgan fingerprint density at radius 1 is 1.00 bits per heavy atom. The quantitative estimate of drug-likeness (QED) is 0.330. The van der Waals surface area contributed by atoms with Crippen LogP contribution in [0.1, 0.15) is 15.9 Å². The molecule has 31 heavy (non-hydrogen) atoms. The first-order chi connectivity index (χ1) is 14.9. The van der Waals surface area contributed by atoms with Gasteiger partial charge in [0.1, 0.15) is 0 Å². The monoisotopic (exact) mass is 454 g/mol. The Kier molecular flexibility index (Phi) is 5.84. The number of nitrogens with zero attached hydrogens (tertiary/aromatic N) is 4. The van der Waals surface area contributed by atoms with Crippen molar-refractivity contribution in [1.29, 1.82) is 0 Å². The summed E-state index contributed by atoms with van der Waals surface area (Å²) in [6.07, 6.45) is 0. The number of carbonyl (C=O) groups is 1. The van der Waals surface area contributed by atoms with Crippen LogP contribution in [-0.2, 0) is 20.6 Å². The summed E-state index contributed by atoms with van der Waals surface area (Å²) in [5.74, 6) is 0.0909. The zero-order valence-electron chi connectivity index (χ0n) is 16.9. The van der Waals surface area contributed by atoms with Gasteiger partial charge in [-0.1, -0.05) is 71.9 Å². The fraction of sp³-hybridized carbons (Fsp3) is 0.182. The fourth-order valence-electron chi connectivity index (χ4n) is 3.32. The number of carbonyl (C=O) groups excluding carboxylic acids is 1. The van der Waals surface area contributed by atoms with Gasteiger partial charge in [0.15, 0.2) is 22.1 Å². The van der Waals surface area contributed by atoms with Crippen LogP contribution in [0.4, 0.5) is 0 Å². The van der Waals surface area contributed by atoms with E-state index in [4.69, 9.17) is 11.6 Å². The van der Waals surface area contributed by atoms with Gasteiger partial charge in [0.2, 0.25) is 0 Å². The van der Waals surface area contributed by atoms with E-state index in [1.807, 2.05) is 36.4 Å². The van der Waals surface area contributed by atoms with E-state index >= 15 is 0 Å². The lowest BCUT2D eigenvalue weighted by Gasteiger charge is -2.10. The predicted octanol–water partition coefficient (Wildman–Crippen LogP) is 3.11. The number of hydrogen-bond donors (Lipinski definition) is 0. The Morgan fingerprint density at radius 3 is 2.39 bits per heavy atom. The second-order valence-electron chi connectivity index (χ2n) is 7.03. The molecule has 9 heteroatoms. The molecule has 0 saturated carbocycles. The highest BCUT2D eigenvalue weighted by atomic mass is 35.5. The SMILES string of the molecule is Cn1c(=O)c2c(nc(SCC(=O)c3ccccc3)n2Cc2ccccc2Cl)n(C)c1=O. The Balaban J connectivity index is 1.82. The van der Waals surface area contributed by atoms with Gasteiger partial charge in [-0.15, -0.1) is 0 Å². The van der Waals surface area contributed by atoms with Crippen molar-refractivity contribution in [1.82, 2.24) is 18.7 Å². The number of imidazole rings is 1. The highest BCUT2D eigenvalue weighted by Crippen LogP contribution is 2.25. The van der Waals surface area contributed by atoms with Crippen LogP contribution in [0.3, 0.4) is 0 Å². The fourth-order valence-corrected chi connectivity index (χ4v) is 4.40. The van der Waals surface area contributed by atoms with Crippen LogP contribution in [0.2, 0.25) is 5.02 Å². The number of halogens is 1. The van der Waals surface area contributed by atoms with Crippen LogP contribution in [0, 0.1) is 0 Å². The normalized spacial score (nSPS) is 11.2. The first-order valence-corrected chi connectivity index (χ1v) is 10.9. The molecule has 7 nitrogen and oxygen atoms in total. The molecule has 2 aromatic carbocycles. The lowest BCUT2D eigenvalue weighted by molar-refractivity contribution is 0.102. The van der Waals surface area contributed by atoms with Gasteiger partial charge in [-0.3, -0.25) is 18.7 Å². The number of aromatic nitrogens is 4. The average Bonchev–Trinajstić information content (AvgIpc) is 3.15. The van der Waals surface area contributed by atoms with Crippen LogP contribution in [0.5, 0.6) is 0 Å². The smallest absolute Gasteiger partial charge is 0.309 e. The van der Waals surface area contributed by atoms with Gasteiger partial charge in [0.25, 0.3) is 5.56 Å². The summed E-state index contributed by atoms with van der Waals surface area (Å²) in [6.45, 7) is 0.283. The number of fused-ring (bicyclic) bond motifs is 1. The van der Waals surface area contributed by atoms with Crippen molar-refractivity contribution < 1.29 is 4.79 Å². The van der Waals surface area contributed by atoms with Gasteiger partial charge >= 0.3 is 5.69 Å². The number of Topliss-reactive ketones (excluding diaryl/α,β-unsaturated/α-hetero) is 1. The number of ketones is 1. The van der Waals surface area contributed by atoms with Crippen LogP contribution in [-0.4, -0.2) is 30.2 Å². The molecule has 2 aromatic heterocycles. The molecule has 0 atom stereocenters. The van der Waals surface area contributed by atoms with Gasteiger partial charge in [0, 0.05) is 24.7 Å². The predicted molar refractivity (Wildman–Crippen MR) is 122 cm³/mol. The number of benzene rings is 2.